The molecule has 8 heteroatoms. The Kier molecular flexibility index (Phi) is 4.94. The minimum absolute atomic E-state index is 0.170. The van der Waals surface area contributed by atoms with E-state index in [0.29, 0.717) is 5.13 Å². The number of hydrogen-bond donors (Lipinski definition) is 2. The van der Waals surface area contributed by atoms with Gasteiger partial charge in [0.15, 0.2) is 5.13 Å². The van der Waals surface area contributed by atoms with E-state index < -0.39 is 0 Å². The summed E-state index contributed by atoms with van der Waals surface area (Å²) in [5, 5.41) is 5.90. The van der Waals surface area contributed by atoms with Crippen molar-refractivity contribution in [2.24, 2.45) is 0 Å². The largest absolute Gasteiger partial charge is 0.350 e. The SMILES string of the molecule is Cc1nc(NC(=O)CCNC(=O)c2cnccn2)sc1C. The molecule has 0 spiro atoms. The minimum atomic E-state index is -0.350. The van der Waals surface area contributed by atoms with Gasteiger partial charge in [0.2, 0.25) is 5.91 Å². The fraction of sp³-hybridized carbons (Fsp3) is 0.308. The maximum absolute atomic E-state index is 11.7. The minimum Gasteiger partial charge on any atom is -0.350 e. The molecule has 0 atom stereocenters. The van der Waals surface area contributed by atoms with Crippen LogP contribution in [0.25, 0.3) is 0 Å². The van der Waals surface area contributed by atoms with Crippen LogP contribution in [0.1, 0.15) is 27.5 Å². The van der Waals surface area contributed by atoms with E-state index in [1.54, 1.807) is 0 Å². The monoisotopic (exact) mass is 305 g/mol. The lowest BCUT2D eigenvalue weighted by Crippen LogP contribution is -2.28. The van der Waals surface area contributed by atoms with Gasteiger partial charge in [-0.25, -0.2) is 9.97 Å². The van der Waals surface area contributed by atoms with Crippen molar-refractivity contribution >= 4 is 28.3 Å². The highest BCUT2D eigenvalue weighted by molar-refractivity contribution is 7.15. The van der Waals surface area contributed by atoms with Crippen LogP contribution in [0.4, 0.5) is 5.13 Å². The predicted octanol–water partition coefficient (Wildman–Crippen LogP) is 1.31. The topological polar surface area (TPSA) is 96.9 Å². The van der Waals surface area contributed by atoms with E-state index in [9.17, 15) is 9.59 Å². The number of amides is 2. The first-order valence-corrected chi connectivity index (χ1v) is 7.16. The van der Waals surface area contributed by atoms with Crippen molar-refractivity contribution in [1.82, 2.24) is 20.3 Å². The Labute approximate surface area is 125 Å². The molecular formula is C13H15N5O2S. The Morgan fingerprint density at radius 1 is 1.29 bits per heavy atom. The highest BCUT2D eigenvalue weighted by Crippen LogP contribution is 2.20. The molecule has 2 heterocycles. The molecule has 7 nitrogen and oxygen atoms in total. The molecule has 2 aromatic heterocycles. The summed E-state index contributed by atoms with van der Waals surface area (Å²) in [4.78, 5) is 36.4. The zero-order chi connectivity index (χ0) is 15.2. The molecule has 0 bridgehead atoms. The molecule has 0 aliphatic heterocycles. The summed E-state index contributed by atoms with van der Waals surface area (Å²) in [5.41, 5.74) is 1.13. The second-order valence-electron chi connectivity index (χ2n) is 4.31. The van der Waals surface area contributed by atoms with Gasteiger partial charge in [-0.3, -0.25) is 14.6 Å². The summed E-state index contributed by atoms with van der Waals surface area (Å²) >= 11 is 1.43. The Hall–Kier alpha value is -2.35. The van der Waals surface area contributed by atoms with E-state index in [2.05, 4.69) is 25.6 Å². The number of nitrogens with one attached hydrogen (secondary N) is 2. The molecule has 21 heavy (non-hydrogen) atoms. The molecule has 0 fully saturated rings. The maximum Gasteiger partial charge on any atom is 0.271 e. The van der Waals surface area contributed by atoms with Gasteiger partial charge in [0, 0.05) is 30.2 Å². The summed E-state index contributed by atoms with van der Waals surface area (Å²) in [6.45, 7) is 4.07. The molecule has 110 valence electrons. The zero-order valence-corrected chi connectivity index (χ0v) is 12.5. The fourth-order valence-corrected chi connectivity index (χ4v) is 2.34. The number of rotatable bonds is 5. The fourth-order valence-electron chi connectivity index (χ4n) is 1.50. The van der Waals surface area contributed by atoms with E-state index in [1.807, 2.05) is 13.8 Å². The van der Waals surface area contributed by atoms with Crippen LogP contribution < -0.4 is 10.6 Å². The second kappa shape index (κ2) is 6.89. The molecule has 2 amide bonds. The Bertz CT molecular complexity index is 622. The molecular weight excluding hydrogens is 290 g/mol. The van der Waals surface area contributed by atoms with Gasteiger partial charge >= 0.3 is 0 Å². The van der Waals surface area contributed by atoms with Crippen molar-refractivity contribution in [3.8, 4) is 0 Å². The standard InChI is InChI=1S/C13H15N5O2S/c1-8-9(2)21-13(17-8)18-11(19)3-4-16-12(20)10-7-14-5-6-15-10/h5-7H,3-4H2,1-2H3,(H,16,20)(H,17,18,19). The molecule has 0 saturated heterocycles. The molecule has 0 aliphatic carbocycles. The average molecular weight is 305 g/mol. The number of carbonyl (C=O) groups is 2. The molecule has 0 saturated carbocycles. The van der Waals surface area contributed by atoms with Gasteiger partial charge in [-0.05, 0) is 13.8 Å². The smallest absolute Gasteiger partial charge is 0.271 e. The Morgan fingerprint density at radius 2 is 2.10 bits per heavy atom. The quantitative estimate of drug-likeness (QED) is 0.868. The molecule has 0 aliphatic rings. The summed E-state index contributed by atoms with van der Waals surface area (Å²) < 4.78 is 0. The van der Waals surface area contributed by atoms with Crippen molar-refractivity contribution < 1.29 is 9.59 Å². The third kappa shape index (κ3) is 4.32. The Morgan fingerprint density at radius 3 is 2.71 bits per heavy atom. The number of thiazole rings is 1. The van der Waals surface area contributed by atoms with Crippen LogP contribution in [0.15, 0.2) is 18.6 Å². The van der Waals surface area contributed by atoms with E-state index in [1.165, 1.54) is 29.9 Å². The first-order chi connectivity index (χ1) is 10.1. The molecule has 0 unspecified atom stereocenters. The third-order valence-electron chi connectivity index (χ3n) is 2.71. The van der Waals surface area contributed by atoms with Crippen LogP contribution in [0, 0.1) is 13.8 Å². The number of carbonyl (C=O) groups excluding carboxylic acids is 2. The molecule has 2 N–H and O–H groups in total. The molecule has 0 radical (unpaired) electrons. The van der Waals surface area contributed by atoms with Crippen LogP contribution in [0.5, 0.6) is 0 Å². The number of anilines is 1. The maximum atomic E-state index is 11.7. The Balaban J connectivity index is 1.76. The summed E-state index contributed by atoms with van der Waals surface area (Å²) in [7, 11) is 0. The van der Waals surface area contributed by atoms with Gasteiger partial charge in [-0.2, -0.15) is 0 Å². The van der Waals surface area contributed by atoms with Crippen LogP contribution >= 0.6 is 11.3 Å². The zero-order valence-electron chi connectivity index (χ0n) is 11.7. The van der Waals surface area contributed by atoms with E-state index in [-0.39, 0.29) is 30.5 Å². The highest BCUT2D eigenvalue weighted by atomic mass is 32.1. The van der Waals surface area contributed by atoms with Crippen molar-refractivity contribution in [2.75, 3.05) is 11.9 Å². The first kappa shape index (κ1) is 15.0. The van der Waals surface area contributed by atoms with E-state index in [0.717, 1.165) is 10.6 Å². The van der Waals surface area contributed by atoms with Gasteiger partial charge in [-0.1, -0.05) is 0 Å². The van der Waals surface area contributed by atoms with Gasteiger partial charge in [-0.15, -0.1) is 11.3 Å². The molecule has 0 aromatic carbocycles. The lowest BCUT2D eigenvalue weighted by atomic mass is 10.3. The van der Waals surface area contributed by atoms with Crippen molar-refractivity contribution in [2.45, 2.75) is 20.3 Å². The molecule has 2 aromatic rings. The van der Waals surface area contributed by atoms with Crippen LogP contribution in [-0.4, -0.2) is 33.3 Å². The lowest BCUT2D eigenvalue weighted by Gasteiger charge is -2.04. The second-order valence-corrected chi connectivity index (χ2v) is 5.51. The number of hydrogen-bond acceptors (Lipinski definition) is 6. The van der Waals surface area contributed by atoms with Crippen LogP contribution in [0.3, 0.4) is 0 Å². The average Bonchev–Trinajstić information content (AvgIpc) is 2.78. The highest BCUT2D eigenvalue weighted by Gasteiger charge is 2.10. The van der Waals surface area contributed by atoms with Crippen molar-refractivity contribution in [3.63, 3.8) is 0 Å². The third-order valence-corrected chi connectivity index (χ3v) is 3.70. The first-order valence-electron chi connectivity index (χ1n) is 6.34. The van der Waals surface area contributed by atoms with Gasteiger partial charge in [0.05, 0.1) is 11.9 Å². The van der Waals surface area contributed by atoms with Gasteiger partial charge < -0.3 is 10.6 Å². The number of aromatic nitrogens is 3. The number of aryl methyl sites for hydroxylation is 2. The molecule has 2 rings (SSSR count). The summed E-state index contributed by atoms with van der Waals surface area (Å²) in [5.74, 6) is -0.542. The van der Waals surface area contributed by atoms with Gasteiger partial charge in [0.25, 0.3) is 5.91 Å². The normalized spacial score (nSPS) is 10.2. The predicted molar refractivity (Wildman–Crippen MR) is 79.2 cm³/mol. The van der Waals surface area contributed by atoms with Gasteiger partial charge in [0.1, 0.15) is 5.69 Å². The number of nitrogens with zero attached hydrogens (tertiary/aromatic N) is 3. The van der Waals surface area contributed by atoms with Crippen molar-refractivity contribution in [1.29, 1.82) is 0 Å². The van der Waals surface area contributed by atoms with Crippen molar-refractivity contribution in [3.05, 3.63) is 34.9 Å². The van der Waals surface area contributed by atoms with Crippen LogP contribution in [-0.2, 0) is 4.79 Å². The summed E-state index contributed by atoms with van der Waals surface area (Å²) in [6, 6.07) is 0. The lowest BCUT2D eigenvalue weighted by molar-refractivity contribution is -0.116. The summed E-state index contributed by atoms with van der Waals surface area (Å²) in [6.07, 6.45) is 4.47. The van der Waals surface area contributed by atoms with E-state index >= 15 is 0 Å². The van der Waals surface area contributed by atoms with E-state index in [4.69, 9.17) is 0 Å². The van der Waals surface area contributed by atoms with Crippen LogP contribution in [0.2, 0.25) is 0 Å².